The van der Waals surface area contributed by atoms with Gasteiger partial charge in [-0.2, -0.15) is 4.31 Å². The Morgan fingerprint density at radius 2 is 1.80 bits per heavy atom. The predicted octanol–water partition coefficient (Wildman–Crippen LogP) is -2.12. The van der Waals surface area contributed by atoms with Gasteiger partial charge in [0.05, 0.1) is 12.4 Å². The maximum absolute atomic E-state index is 11.6. The molecule has 6 nitrogen and oxygen atoms in total. The first-order valence-electron chi connectivity index (χ1n) is 5.11. The van der Waals surface area contributed by atoms with Crippen LogP contribution in [0, 0.1) is 0 Å². The summed E-state index contributed by atoms with van der Waals surface area (Å²) in [6.45, 7) is 3.28. The minimum atomic E-state index is -3.15. The Labute approximate surface area is 90.7 Å². The van der Waals surface area contributed by atoms with Crippen molar-refractivity contribution < 1.29 is 13.5 Å². The summed E-state index contributed by atoms with van der Waals surface area (Å²) in [5.74, 6) is 0.0208. The van der Waals surface area contributed by atoms with E-state index in [1.165, 1.54) is 4.31 Å². The van der Waals surface area contributed by atoms with Gasteiger partial charge in [0.25, 0.3) is 0 Å². The van der Waals surface area contributed by atoms with E-state index in [9.17, 15) is 8.42 Å². The molecule has 1 rings (SSSR count). The number of piperazine rings is 1. The SMILES string of the molecule is NCCS(=O)(=O)N1CCN(CCO)CC1. The Morgan fingerprint density at radius 1 is 1.20 bits per heavy atom. The van der Waals surface area contributed by atoms with E-state index in [-0.39, 0.29) is 18.9 Å². The van der Waals surface area contributed by atoms with Gasteiger partial charge in [0, 0.05) is 39.3 Å². The van der Waals surface area contributed by atoms with E-state index >= 15 is 0 Å². The third kappa shape index (κ3) is 3.69. The van der Waals surface area contributed by atoms with E-state index in [2.05, 4.69) is 4.90 Å². The van der Waals surface area contributed by atoms with E-state index in [1.54, 1.807) is 0 Å². The minimum Gasteiger partial charge on any atom is -0.395 e. The average molecular weight is 237 g/mol. The van der Waals surface area contributed by atoms with Gasteiger partial charge in [-0.1, -0.05) is 0 Å². The molecule has 7 heteroatoms. The van der Waals surface area contributed by atoms with Gasteiger partial charge < -0.3 is 10.8 Å². The summed E-state index contributed by atoms with van der Waals surface area (Å²) in [5, 5.41) is 8.74. The van der Waals surface area contributed by atoms with Gasteiger partial charge in [0.15, 0.2) is 0 Å². The number of hydrogen-bond acceptors (Lipinski definition) is 5. The van der Waals surface area contributed by atoms with Crippen LogP contribution in [0.4, 0.5) is 0 Å². The van der Waals surface area contributed by atoms with Gasteiger partial charge in [-0.15, -0.1) is 0 Å². The zero-order valence-electron chi connectivity index (χ0n) is 8.80. The van der Waals surface area contributed by atoms with Crippen LogP contribution >= 0.6 is 0 Å². The Kier molecular flexibility index (Phi) is 4.94. The van der Waals surface area contributed by atoms with Gasteiger partial charge in [-0.25, -0.2) is 8.42 Å². The van der Waals surface area contributed by atoms with Crippen LogP contribution < -0.4 is 5.73 Å². The van der Waals surface area contributed by atoms with E-state index in [0.717, 1.165) is 0 Å². The lowest BCUT2D eigenvalue weighted by atomic mass is 10.4. The lowest BCUT2D eigenvalue weighted by Crippen LogP contribution is -2.50. The second-order valence-electron chi connectivity index (χ2n) is 3.57. The Bertz CT molecular complexity index is 273. The molecule has 3 N–H and O–H groups in total. The molecule has 0 spiro atoms. The molecule has 90 valence electrons. The van der Waals surface area contributed by atoms with Gasteiger partial charge in [0.1, 0.15) is 0 Å². The molecule has 0 saturated carbocycles. The molecule has 0 aromatic carbocycles. The van der Waals surface area contributed by atoms with Crippen LogP contribution in [0.2, 0.25) is 0 Å². The first kappa shape index (κ1) is 12.9. The topological polar surface area (TPSA) is 86.9 Å². The summed E-state index contributed by atoms with van der Waals surface area (Å²) in [5.41, 5.74) is 5.25. The summed E-state index contributed by atoms with van der Waals surface area (Å²) in [6.07, 6.45) is 0. The van der Waals surface area contributed by atoms with Gasteiger partial charge >= 0.3 is 0 Å². The quantitative estimate of drug-likeness (QED) is 0.571. The minimum absolute atomic E-state index is 0.0208. The molecule has 1 aliphatic rings. The first-order valence-corrected chi connectivity index (χ1v) is 6.72. The van der Waals surface area contributed by atoms with Crippen LogP contribution in [0.5, 0.6) is 0 Å². The van der Waals surface area contributed by atoms with Crippen molar-refractivity contribution in [3.63, 3.8) is 0 Å². The van der Waals surface area contributed by atoms with E-state index in [4.69, 9.17) is 10.8 Å². The molecule has 0 bridgehead atoms. The van der Waals surface area contributed by atoms with Gasteiger partial charge in [0.2, 0.25) is 10.0 Å². The highest BCUT2D eigenvalue weighted by Crippen LogP contribution is 2.07. The van der Waals surface area contributed by atoms with Gasteiger partial charge in [-0.05, 0) is 0 Å². The average Bonchev–Trinajstić information content (AvgIpc) is 2.19. The molecule has 1 fully saturated rings. The Hall–Kier alpha value is -0.210. The fourth-order valence-electron chi connectivity index (χ4n) is 1.65. The van der Waals surface area contributed by atoms with Crippen LogP contribution in [0.3, 0.4) is 0 Å². The lowest BCUT2D eigenvalue weighted by molar-refractivity contribution is 0.151. The third-order valence-corrected chi connectivity index (χ3v) is 4.42. The monoisotopic (exact) mass is 237 g/mol. The highest BCUT2D eigenvalue weighted by molar-refractivity contribution is 7.89. The summed E-state index contributed by atoms with van der Waals surface area (Å²) in [6, 6.07) is 0. The molecular formula is C8H19N3O3S. The molecule has 15 heavy (non-hydrogen) atoms. The number of nitrogens with two attached hydrogens (primary N) is 1. The number of aliphatic hydroxyl groups excluding tert-OH is 1. The van der Waals surface area contributed by atoms with Crippen LogP contribution in [-0.2, 0) is 10.0 Å². The van der Waals surface area contributed by atoms with Crippen molar-refractivity contribution in [1.82, 2.24) is 9.21 Å². The number of aliphatic hydroxyl groups is 1. The van der Waals surface area contributed by atoms with Crippen molar-refractivity contribution in [2.75, 3.05) is 51.6 Å². The summed E-state index contributed by atoms with van der Waals surface area (Å²) < 4.78 is 24.7. The molecule has 1 saturated heterocycles. The normalized spacial score (nSPS) is 20.7. The molecular weight excluding hydrogens is 218 g/mol. The molecule has 0 unspecified atom stereocenters. The van der Waals surface area contributed by atoms with Crippen LogP contribution in [0.15, 0.2) is 0 Å². The molecule has 0 aromatic rings. The van der Waals surface area contributed by atoms with E-state index in [0.29, 0.717) is 32.7 Å². The van der Waals surface area contributed by atoms with Crippen molar-refractivity contribution in [2.24, 2.45) is 5.73 Å². The second kappa shape index (κ2) is 5.76. The Morgan fingerprint density at radius 3 is 2.27 bits per heavy atom. The van der Waals surface area contributed by atoms with Gasteiger partial charge in [-0.3, -0.25) is 4.90 Å². The first-order chi connectivity index (χ1) is 7.10. The zero-order valence-corrected chi connectivity index (χ0v) is 9.62. The maximum Gasteiger partial charge on any atom is 0.215 e. The predicted molar refractivity (Wildman–Crippen MR) is 57.9 cm³/mol. The standard InChI is InChI=1S/C8H19N3O3S/c9-1-8-15(13,14)11-4-2-10(3-5-11)6-7-12/h12H,1-9H2. The van der Waals surface area contributed by atoms with E-state index in [1.807, 2.05) is 0 Å². The number of rotatable bonds is 5. The molecule has 1 aliphatic heterocycles. The Balaban J connectivity index is 2.43. The van der Waals surface area contributed by atoms with Crippen molar-refractivity contribution in [1.29, 1.82) is 0 Å². The fourth-order valence-corrected chi connectivity index (χ4v) is 2.93. The molecule has 0 amide bonds. The van der Waals surface area contributed by atoms with Crippen LogP contribution in [0.25, 0.3) is 0 Å². The summed E-state index contributed by atoms with van der Waals surface area (Å²) >= 11 is 0. The van der Waals surface area contributed by atoms with Crippen LogP contribution in [-0.4, -0.2) is 74.4 Å². The van der Waals surface area contributed by atoms with Crippen molar-refractivity contribution in [2.45, 2.75) is 0 Å². The van der Waals surface area contributed by atoms with Crippen molar-refractivity contribution in [3.8, 4) is 0 Å². The fraction of sp³-hybridized carbons (Fsp3) is 1.00. The van der Waals surface area contributed by atoms with Crippen LogP contribution in [0.1, 0.15) is 0 Å². The molecule has 0 atom stereocenters. The number of nitrogens with zero attached hydrogens (tertiary/aromatic N) is 2. The maximum atomic E-state index is 11.6. The second-order valence-corrected chi connectivity index (χ2v) is 5.66. The smallest absolute Gasteiger partial charge is 0.215 e. The molecule has 0 aliphatic carbocycles. The summed E-state index contributed by atoms with van der Waals surface area (Å²) in [7, 11) is -3.15. The third-order valence-electron chi connectivity index (χ3n) is 2.52. The number of sulfonamides is 1. The highest BCUT2D eigenvalue weighted by atomic mass is 32.2. The van der Waals surface area contributed by atoms with Crippen molar-refractivity contribution in [3.05, 3.63) is 0 Å². The summed E-state index contributed by atoms with van der Waals surface area (Å²) in [4.78, 5) is 2.05. The zero-order chi connectivity index (χ0) is 11.3. The molecule has 0 aromatic heterocycles. The highest BCUT2D eigenvalue weighted by Gasteiger charge is 2.25. The molecule has 0 radical (unpaired) electrons. The molecule has 1 heterocycles. The number of β-amino-alcohol motifs (C(OH)–C–C–N with tert-alkyl or cyclic N) is 1. The number of hydrogen-bond donors (Lipinski definition) is 2. The lowest BCUT2D eigenvalue weighted by Gasteiger charge is -2.33. The van der Waals surface area contributed by atoms with Crippen molar-refractivity contribution >= 4 is 10.0 Å². The van der Waals surface area contributed by atoms with E-state index < -0.39 is 10.0 Å². The largest absolute Gasteiger partial charge is 0.395 e.